The van der Waals surface area contributed by atoms with E-state index in [1.165, 1.54) is 0 Å². The van der Waals surface area contributed by atoms with Gasteiger partial charge in [-0.3, -0.25) is 9.78 Å². The minimum atomic E-state index is -0.980. The first kappa shape index (κ1) is 20.0. The van der Waals surface area contributed by atoms with E-state index in [2.05, 4.69) is 9.97 Å². The summed E-state index contributed by atoms with van der Waals surface area (Å²) in [5.74, 6) is -0.460. The highest BCUT2D eigenvalue weighted by Gasteiger charge is 2.31. The molecule has 0 aliphatic carbocycles. The first-order valence-electron chi connectivity index (χ1n) is 9.68. The van der Waals surface area contributed by atoms with Gasteiger partial charge in [0.15, 0.2) is 0 Å². The molecular formula is C22H27N3O3. The van der Waals surface area contributed by atoms with Crippen molar-refractivity contribution >= 4 is 11.9 Å². The Kier molecular flexibility index (Phi) is 5.77. The lowest BCUT2D eigenvalue weighted by Gasteiger charge is -2.36. The van der Waals surface area contributed by atoms with Gasteiger partial charge in [0.1, 0.15) is 0 Å². The van der Waals surface area contributed by atoms with Crippen LogP contribution in [0.2, 0.25) is 0 Å². The first-order valence-corrected chi connectivity index (χ1v) is 9.68. The van der Waals surface area contributed by atoms with Crippen LogP contribution >= 0.6 is 0 Å². The number of aromatic carboxylic acids is 1. The van der Waals surface area contributed by atoms with Crippen LogP contribution in [0, 0.1) is 11.3 Å². The van der Waals surface area contributed by atoms with Crippen molar-refractivity contribution in [3.05, 3.63) is 47.9 Å². The lowest BCUT2D eigenvalue weighted by Crippen LogP contribution is -2.45. The van der Waals surface area contributed by atoms with Crippen molar-refractivity contribution in [1.82, 2.24) is 14.9 Å². The summed E-state index contributed by atoms with van der Waals surface area (Å²) < 4.78 is 0. The van der Waals surface area contributed by atoms with E-state index in [0.29, 0.717) is 17.2 Å². The summed E-state index contributed by atoms with van der Waals surface area (Å²) in [5, 5.41) is 9.42. The number of hydrogen-bond acceptors (Lipinski definition) is 4. The zero-order valence-electron chi connectivity index (χ0n) is 16.7. The zero-order valence-corrected chi connectivity index (χ0v) is 16.7. The summed E-state index contributed by atoms with van der Waals surface area (Å²) in [6, 6.07) is 6.82. The lowest BCUT2D eigenvalue weighted by molar-refractivity contribution is -0.141. The van der Waals surface area contributed by atoms with Crippen molar-refractivity contribution in [2.75, 3.05) is 13.1 Å². The Labute approximate surface area is 165 Å². The Balaban J connectivity index is 1.77. The molecule has 6 heteroatoms. The quantitative estimate of drug-likeness (QED) is 0.874. The summed E-state index contributed by atoms with van der Waals surface area (Å²) in [7, 11) is 0. The molecule has 1 fully saturated rings. The Morgan fingerprint density at radius 1 is 1.21 bits per heavy atom. The van der Waals surface area contributed by atoms with Crippen molar-refractivity contribution in [2.45, 2.75) is 40.0 Å². The van der Waals surface area contributed by atoms with E-state index in [1.54, 1.807) is 36.7 Å². The normalized spacial score (nSPS) is 17.4. The van der Waals surface area contributed by atoms with E-state index in [9.17, 15) is 14.7 Å². The van der Waals surface area contributed by atoms with Gasteiger partial charge in [-0.1, -0.05) is 39.0 Å². The fourth-order valence-electron chi connectivity index (χ4n) is 3.71. The largest absolute Gasteiger partial charge is 0.478 e. The molecule has 2 heterocycles. The standard InChI is InChI=1S/C22H27N3O3/c1-22(2,3)21(28)25-10-6-7-15(14-25)11-16-12-23-13-19(24-16)17-8-4-5-9-18(17)20(26)27/h4-5,8-9,12-13,15H,6-7,10-11,14H2,1-3H3,(H,26,27)/t15-/m0/s1. The average Bonchev–Trinajstić information content (AvgIpc) is 2.67. The lowest BCUT2D eigenvalue weighted by atomic mass is 9.89. The molecule has 1 aliphatic heterocycles. The Morgan fingerprint density at radius 3 is 2.68 bits per heavy atom. The van der Waals surface area contributed by atoms with E-state index in [-0.39, 0.29) is 16.9 Å². The van der Waals surface area contributed by atoms with Crippen LogP contribution in [0.25, 0.3) is 11.3 Å². The molecule has 0 bridgehead atoms. The van der Waals surface area contributed by atoms with Crippen molar-refractivity contribution < 1.29 is 14.7 Å². The minimum Gasteiger partial charge on any atom is -0.478 e. The van der Waals surface area contributed by atoms with E-state index in [0.717, 1.165) is 38.0 Å². The second kappa shape index (κ2) is 8.09. The average molecular weight is 381 g/mol. The number of carboxylic acid groups (broad SMARTS) is 1. The molecule has 1 aromatic heterocycles. The highest BCUT2D eigenvalue weighted by atomic mass is 16.4. The Bertz CT molecular complexity index is 873. The van der Waals surface area contributed by atoms with Crippen LogP contribution in [0.4, 0.5) is 0 Å². The number of hydrogen-bond donors (Lipinski definition) is 1. The highest BCUT2D eigenvalue weighted by Crippen LogP contribution is 2.26. The Morgan fingerprint density at radius 2 is 1.96 bits per heavy atom. The fourth-order valence-corrected chi connectivity index (χ4v) is 3.71. The van der Waals surface area contributed by atoms with Crippen molar-refractivity contribution in [3.63, 3.8) is 0 Å². The van der Waals surface area contributed by atoms with Crippen molar-refractivity contribution in [2.24, 2.45) is 11.3 Å². The molecule has 0 radical (unpaired) electrons. The molecule has 2 aromatic rings. The monoisotopic (exact) mass is 381 g/mol. The van der Waals surface area contributed by atoms with Gasteiger partial charge in [0.25, 0.3) is 0 Å². The molecular weight excluding hydrogens is 354 g/mol. The van der Waals surface area contributed by atoms with Crippen LogP contribution in [-0.2, 0) is 11.2 Å². The van der Waals surface area contributed by atoms with Gasteiger partial charge >= 0.3 is 5.97 Å². The third-order valence-electron chi connectivity index (χ3n) is 5.06. The van der Waals surface area contributed by atoms with Crippen LogP contribution in [-0.4, -0.2) is 44.9 Å². The summed E-state index contributed by atoms with van der Waals surface area (Å²) >= 11 is 0. The van der Waals surface area contributed by atoms with Gasteiger partial charge in [0, 0.05) is 30.3 Å². The van der Waals surface area contributed by atoms with Crippen LogP contribution in [0.15, 0.2) is 36.7 Å². The number of rotatable bonds is 4. The predicted molar refractivity (Wildman–Crippen MR) is 107 cm³/mol. The molecule has 0 unspecified atom stereocenters. The topological polar surface area (TPSA) is 83.4 Å². The minimum absolute atomic E-state index is 0.187. The molecule has 1 atom stereocenters. The van der Waals surface area contributed by atoms with E-state index >= 15 is 0 Å². The van der Waals surface area contributed by atoms with Gasteiger partial charge in [-0.15, -0.1) is 0 Å². The molecule has 148 valence electrons. The molecule has 3 rings (SSSR count). The van der Waals surface area contributed by atoms with Crippen molar-refractivity contribution in [1.29, 1.82) is 0 Å². The molecule has 1 N–H and O–H groups in total. The Hall–Kier alpha value is -2.76. The third kappa shape index (κ3) is 4.55. The van der Waals surface area contributed by atoms with E-state index < -0.39 is 5.97 Å². The van der Waals surface area contributed by atoms with Gasteiger partial charge < -0.3 is 10.0 Å². The number of likely N-dealkylation sites (tertiary alicyclic amines) is 1. The number of benzene rings is 1. The number of carboxylic acids is 1. The molecule has 6 nitrogen and oxygen atoms in total. The van der Waals surface area contributed by atoms with Gasteiger partial charge in [-0.25, -0.2) is 9.78 Å². The summed E-state index contributed by atoms with van der Waals surface area (Å²) in [5.41, 5.74) is 1.80. The summed E-state index contributed by atoms with van der Waals surface area (Å²) in [4.78, 5) is 35.0. The molecule has 1 aliphatic rings. The van der Waals surface area contributed by atoms with Gasteiger partial charge in [0.05, 0.1) is 23.1 Å². The number of amides is 1. The molecule has 1 aromatic carbocycles. The van der Waals surface area contributed by atoms with Crippen molar-refractivity contribution in [3.8, 4) is 11.3 Å². The maximum Gasteiger partial charge on any atom is 0.336 e. The van der Waals surface area contributed by atoms with E-state index in [1.807, 2.05) is 25.7 Å². The number of piperidine rings is 1. The number of aromatic nitrogens is 2. The zero-order chi connectivity index (χ0) is 20.3. The van der Waals surface area contributed by atoms with Gasteiger partial charge in [-0.2, -0.15) is 0 Å². The van der Waals surface area contributed by atoms with Crippen LogP contribution in [0.5, 0.6) is 0 Å². The number of nitrogens with zero attached hydrogens (tertiary/aromatic N) is 3. The van der Waals surface area contributed by atoms with Gasteiger partial charge in [-0.05, 0) is 31.2 Å². The highest BCUT2D eigenvalue weighted by molar-refractivity contribution is 5.95. The smallest absolute Gasteiger partial charge is 0.336 e. The van der Waals surface area contributed by atoms with E-state index in [4.69, 9.17) is 0 Å². The second-order valence-corrected chi connectivity index (χ2v) is 8.46. The SMILES string of the molecule is CC(C)(C)C(=O)N1CCC[C@@H](Cc2cncc(-c3ccccc3C(=O)O)n2)C1. The summed E-state index contributed by atoms with van der Waals surface area (Å²) in [6.45, 7) is 7.40. The molecule has 0 saturated carbocycles. The first-order chi connectivity index (χ1) is 13.3. The second-order valence-electron chi connectivity index (χ2n) is 8.46. The van der Waals surface area contributed by atoms with Gasteiger partial charge in [0.2, 0.25) is 5.91 Å². The van der Waals surface area contributed by atoms with Crippen LogP contribution in [0.3, 0.4) is 0 Å². The summed E-state index contributed by atoms with van der Waals surface area (Å²) in [6.07, 6.45) is 6.09. The number of carbonyl (C=O) groups is 2. The number of carbonyl (C=O) groups excluding carboxylic acids is 1. The molecule has 0 spiro atoms. The molecule has 1 saturated heterocycles. The molecule has 28 heavy (non-hydrogen) atoms. The maximum atomic E-state index is 12.6. The fraction of sp³-hybridized carbons (Fsp3) is 0.455. The maximum absolute atomic E-state index is 12.6. The van der Waals surface area contributed by atoms with Crippen LogP contribution < -0.4 is 0 Å². The predicted octanol–water partition coefficient (Wildman–Crippen LogP) is 3.67. The van der Waals surface area contributed by atoms with Crippen LogP contribution in [0.1, 0.15) is 49.7 Å². The third-order valence-corrected chi connectivity index (χ3v) is 5.06. The molecule has 1 amide bonds.